The second-order valence-electron chi connectivity index (χ2n) is 4.82. The van der Waals surface area contributed by atoms with Gasteiger partial charge in [-0.1, -0.05) is 38.5 Å². The highest BCUT2D eigenvalue weighted by Gasteiger charge is 2.26. The maximum absolute atomic E-state index is 12.3. The van der Waals surface area contributed by atoms with Crippen molar-refractivity contribution >= 4 is 33.3 Å². The third-order valence-corrected chi connectivity index (χ3v) is 4.45. The van der Waals surface area contributed by atoms with Crippen LogP contribution in [0.25, 0.3) is 10.1 Å². The van der Waals surface area contributed by atoms with Crippen LogP contribution in [0.2, 0.25) is 0 Å². The average molecular weight is 291 g/mol. The minimum absolute atomic E-state index is 0.110. The van der Waals surface area contributed by atoms with E-state index in [0.29, 0.717) is 12.0 Å². The zero-order chi connectivity index (χ0) is 14.7. The number of amides is 1. The quantitative estimate of drug-likeness (QED) is 0.889. The Morgan fingerprint density at radius 1 is 1.35 bits per heavy atom. The summed E-state index contributed by atoms with van der Waals surface area (Å²) in [6, 6.07) is 6.75. The number of hydrogen-bond acceptors (Lipinski definition) is 3. The summed E-state index contributed by atoms with van der Waals surface area (Å²) in [6.07, 6.45) is 0.696. The third kappa shape index (κ3) is 2.82. The van der Waals surface area contributed by atoms with Gasteiger partial charge in [0, 0.05) is 15.5 Å². The number of benzene rings is 1. The van der Waals surface area contributed by atoms with Crippen molar-refractivity contribution in [2.75, 3.05) is 0 Å². The van der Waals surface area contributed by atoms with Crippen LogP contribution in [0.15, 0.2) is 29.6 Å². The molecule has 0 fully saturated rings. The summed E-state index contributed by atoms with van der Waals surface area (Å²) in [4.78, 5) is 23.5. The largest absolute Gasteiger partial charge is 0.480 e. The number of thiophene rings is 1. The van der Waals surface area contributed by atoms with Crippen LogP contribution in [0.1, 0.15) is 30.6 Å². The van der Waals surface area contributed by atoms with Crippen molar-refractivity contribution in [3.8, 4) is 0 Å². The fourth-order valence-electron chi connectivity index (χ4n) is 2.06. The summed E-state index contributed by atoms with van der Waals surface area (Å²) < 4.78 is 1.02. The van der Waals surface area contributed by atoms with Crippen molar-refractivity contribution in [1.29, 1.82) is 0 Å². The normalized spacial score (nSPS) is 13.9. The third-order valence-electron chi connectivity index (χ3n) is 3.49. The fraction of sp³-hybridized carbons (Fsp3) is 0.333. The number of aliphatic carboxylic acids is 1. The van der Waals surface area contributed by atoms with Gasteiger partial charge in [0.25, 0.3) is 5.91 Å². The molecule has 106 valence electrons. The molecular formula is C15H17NO3S. The number of rotatable bonds is 5. The first-order valence-electron chi connectivity index (χ1n) is 6.54. The molecule has 0 aliphatic carbocycles. The second kappa shape index (κ2) is 6.05. The molecule has 2 atom stereocenters. The predicted molar refractivity (Wildman–Crippen MR) is 80.2 cm³/mol. The van der Waals surface area contributed by atoms with E-state index in [1.54, 1.807) is 5.38 Å². The van der Waals surface area contributed by atoms with Gasteiger partial charge in [-0.25, -0.2) is 4.79 Å². The lowest BCUT2D eigenvalue weighted by atomic mass is 9.99. The van der Waals surface area contributed by atoms with E-state index < -0.39 is 12.0 Å². The Hall–Kier alpha value is -1.88. The van der Waals surface area contributed by atoms with Crippen molar-refractivity contribution in [2.24, 2.45) is 5.92 Å². The Morgan fingerprint density at radius 3 is 2.70 bits per heavy atom. The number of nitrogens with one attached hydrogen (secondary N) is 1. The molecule has 0 aliphatic heterocycles. The van der Waals surface area contributed by atoms with Crippen molar-refractivity contribution in [2.45, 2.75) is 26.3 Å². The molecule has 0 bridgehead atoms. The van der Waals surface area contributed by atoms with Gasteiger partial charge in [-0.3, -0.25) is 4.79 Å². The molecule has 1 aromatic heterocycles. The molecule has 4 nitrogen and oxygen atoms in total. The van der Waals surface area contributed by atoms with Crippen molar-refractivity contribution in [1.82, 2.24) is 5.32 Å². The van der Waals surface area contributed by atoms with Crippen LogP contribution in [0.5, 0.6) is 0 Å². The van der Waals surface area contributed by atoms with Gasteiger partial charge in [0.1, 0.15) is 6.04 Å². The molecule has 0 saturated carbocycles. The van der Waals surface area contributed by atoms with E-state index in [1.165, 1.54) is 11.3 Å². The van der Waals surface area contributed by atoms with Crippen molar-refractivity contribution in [3.05, 3.63) is 35.2 Å². The molecule has 0 radical (unpaired) electrons. The summed E-state index contributed by atoms with van der Waals surface area (Å²) in [5, 5.41) is 14.5. The number of carboxylic acid groups (broad SMARTS) is 1. The summed E-state index contributed by atoms with van der Waals surface area (Å²) >= 11 is 1.48. The maximum atomic E-state index is 12.3. The summed E-state index contributed by atoms with van der Waals surface area (Å²) in [5.41, 5.74) is 0.542. The van der Waals surface area contributed by atoms with E-state index in [1.807, 2.05) is 38.1 Å². The number of hydrogen-bond donors (Lipinski definition) is 2. The Kier molecular flexibility index (Phi) is 4.39. The molecule has 20 heavy (non-hydrogen) atoms. The SMILES string of the molecule is CCC(C)C(NC(=O)c1csc2ccccc12)C(=O)O. The van der Waals surface area contributed by atoms with E-state index in [-0.39, 0.29) is 11.8 Å². The monoisotopic (exact) mass is 291 g/mol. The molecule has 2 rings (SSSR count). The standard InChI is InChI=1S/C15H17NO3S/c1-3-9(2)13(15(18)19)16-14(17)11-8-20-12-7-5-4-6-10(11)12/h4-9,13H,3H2,1-2H3,(H,16,17)(H,18,19). The van der Waals surface area contributed by atoms with Gasteiger partial charge in [-0.05, 0) is 12.0 Å². The molecule has 2 aromatic rings. The highest BCUT2D eigenvalue weighted by atomic mass is 32.1. The van der Waals surface area contributed by atoms with E-state index in [4.69, 9.17) is 0 Å². The van der Waals surface area contributed by atoms with Gasteiger partial charge in [-0.2, -0.15) is 0 Å². The number of carbonyl (C=O) groups excluding carboxylic acids is 1. The van der Waals surface area contributed by atoms with Crippen LogP contribution in [-0.4, -0.2) is 23.0 Å². The zero-order valence-corrected chi connectivity index (χ0v) is 12.2. The van der Waals surface area contributed by atoms with Crippen LogP contribution in [0, 0.1) is 5.92 Å². The topological polar surface area (TPSA) is 66.4 Å². The predicted octanol–water partition coefficient (Wildman–Crippen LogP) is 3.13. The van der Waals surface area contributed by atoms with Gasteiger partial charge < -0.3 is 10.4 Å². The first-order valence-corrected chi connectivity index (χ1v) is 7.42. The van der Waals surface area contributed by atoms with Crippen molar-refractivity contribution < 1.29 is 14.7 Å². The van der Waals surface area contributed by atoms with E-state index in [9.17, 15) is 14.7 Å². The van der Waals surface area contributed by atoms with Crippen LogP contribution < -0.4 is 5.32 Å². The maximum Gasteiger partial charge on any atom is 0.326 e. The Morgan fingerprint density at radius 2 is 2.05 bits per heavy atom. The molecule has 2 N–H and O–H groups in total. The molecule has 0 aliphatic rings. The Balaban J connectivity index is 2.25. The van der Waals surface area contributed by atoms with Gasteiger partial charge in [0.2, 0.25) is 0 Å². The van der Waals surface area contributed by atoms with Crippen LogP contribution in [0.3, 0.4) is 0 Å². The summed E-state index contributed by atoms with van der Waals surface area (Å²) in [5.74, 6) is -1.43. The summed E-state index contributed by atoms with van der Waals surface area (Å²) in [7, 11) is 0. The Bertz CT molecular complexity index is 635. The minimum atomic E-state index is -0.993. The Labute approximate surface area is 121 Å². The lowest BCUT2D eigenvalue weighted by Crippen LogP contribution is -2.44. The average Bonchev–Trinajstić information content (AvgIpc) is 2.87. The van der Waals surface area contributed by atoms with Gasteiger partial charge in [0.15, 0.2) is 0 Å². The number of carboxylic acids is 1. The fourth-order valence-corrected chi connectivity index (χ4v) is 3.00. The van der Waals surface area contributed by atoms with Gasteiger partial charge in [-0.15, -0.1) is 11.3 Å². The van der Waals surface area contributed by atoms with Crippen LogP contribution in [-0.2, 0) is 4.79 Å². The van der Waals surface area contributed by atoms with Crippen LogP contribution in [0.4, 0.5) is 0 Å². The minimum Gasteiger partial charge on any atom is -0.480 e. The first kappa shape index (κ1) is 14.5. The van der Waals surface area contributed by atoms with Gasteiger partial charge in [0.05, 0.1) is 5.56 Å². The highest BCUT2D eigenvalue weighted by molar-refractivity contribution is 7.17. The lowest BCUT2D eigenvalue weighted by molar-refractivity contribution is -0.140. The first-order chi connectivity index (χ1) is 9.54. The number of fused-ring (bicyclic) bond motifs is 1. The molecule has 1 aromatic carbocycles. The molecule has 1 amide bonds. The van der Waals surface area contributed by atoms with Crippen molar-refractivity contribution in [3.63, 3.8) is 0 Å². The molecule has 5 heteroatoms. The number of carbonyl (C=O) groups is 2. The van der Waals surface area contributed by atoms with E-state index >= 15 is 0 Å². The zero-order valence-electron chi connectivity index (χ0n) is 11.4. The molecule has 0 spiro atoms. The smallest absolute Gasteiger partial charge is 0.326 e. The summed E-state index contributed by atoms with van der Waals surface area (Å²) in [6.45, 7) is 3.73. The molecule has 1 heterocycles. The van der Waals surface area contributed by atoms with E-state index in [0.717, 1.165) is 10.1 Å². The van der Waals surface area contributed by atoms with Crippen LogP contribution >= 0.6 is 11.3 Å². The molecule has 0 saturated heterocycles. The van der Waals surface area contributed by atoms with E-state index in [2.05, 4.69) is 5.32 Å². The highest BCUT2D eigenvalue weighted by Crippen LogP contribution is 2.25. The molecular weight excluding hydrogens is 274 g/mol. The lowest BCUT2D eigenvalue weighted by Gasteiger charge is -2.19. The van der Waals surface area contributed by atoms with Gasteiger partial charge >= 0.3 is 5.97 Å². The second-order valence-corrected chi connectivity index (χ2v) is 5.73. The molecule has 2 unspecified atom stereocenters.